The summed E-state index contributed by atoms with van der Waals surface area (Å²) < 4.78 is 5.49. The van der Waals surface area contributed by atoms with Crippen LogP contribution < -0.4 is 10.1 Å². The van der Waals surface area contributed by atoms with Crippen LogP contribution in [0.15, 0.2) is 36.9 Å². The van der Waals surface area contributed by atoms with Gasteiger partial charge in [0, 0.05) is 12.6 Å². The number of nitrogens with one attached hydrogen (secondary N) is 1. The highest BCUT2D eigenvalue weighted by Crippen LogP contribution is 2.26. The van der Waals surface area contributed by atoms with E-state index in [1.165, 1.54) is 37.7 Å². The number of benzene rings is 1. The third-order valence-corrected chi connectivity index (χ3v) is 4.28. The molecular formula is C18H27NO. The second kappa shape index (κ2) is 8.11. The van der Waals surface area contributed by atoms with Gasteiger partial charge in [-0.25, -0.2) is 0 Å². The van der Waals surface area contributed by atoms with Gasteiger partial charge in [0.05, 0.1) is 0 Å². The van der Waals surface area contributed by atoms with Crippen molar-refractivity contribution in [3.05, 3.63) is 42.5 Å². The Hall–Kier alpha value is -1.28. The van der Waals surface area contributed by atoms with Gasteiger partial charge in [0.2, 0.25) is 0 Å². The van der Waals surface area contributed by atoms with E-state index in [0.29, 0.717) is 12.6 Å². The van der Waals surface area contributed by atoms with Crippen molar-refractivity contribution in [3.8, 4) is 5.75 Å². The molecule has 1 aliphatic rings. The van der Waals surface area contributed by atoms with Gasteiger partial charge in [0.1, 0.15) is 12.4 Å². The minimum Gasteiger partial charge on any atom is -0.490 e. The van der Waals surface area contributed by atoms with E-state index in [2.05, 4.69) is 31.0 Å². The summed E-state index contributed by atoms with van der Waals surface area (Å²) in [6, 6.07) is 8.96. The summed E-state index contributed by atoms with van der Waals surface area (Å²) in [5.74, 6) is 1.77. The minimum atomic E-state index is 0.566. The summed E-state index contributed by atoms with van der Waals surface area (Å²) >= 11 is 0. The molecule has 1 atom stereocenters. The van der Waals surface area contributed by atoms with Gasteiger partial charge in [-0.15, -0.1) is 0 Å². The Balaban J connectivity index is 1.76. The van der Waals surface area contributed by atoms with Crippen molar-refractivity contribution >= 4 is 0 Å². The van der Waals surface area contributed by atoms with Crippen LogP contribution in [0.1, 0.15) is 44.6 Å². The fraction of sp³-hybridized carbons (Fsp3) is 0.556. The average molecular weight is 273 g/mol. The van der Waals surface area contributed by atoms with E-state index >= 15 is 0 Å². The third-order valence-electron chi connectivity index (χ3n) is 4.28. The molecule has 0 spiro atoms. The van der Waals surface area contributed by atoms with Crippen molar-refractivity contribution < 1.29 is 4.74 Å². The SMILES string of the molecule is C=CCOc1ccc(CNC(C)C2CCCCC2)cc1. The molecule has 0 aromatic heterocycles. The molecule has 0 amide bonds. The lowest BCUT2D eigenvalue weighted by Crippen LogP contribution is -2.34. The molecular weight excluding hydrogens is 246 g/mol. The summed E-state index contributed by atoms with van der Waals surface area (Å²) in [6.45, 7) is 7.49. The first kappa shape index (κ1) is 15.1. The average Bonchev–Trinajstić information content (AvgIpc) is 2.52. The smallest absolute Gasteiger partial charge is 0.119 e. The number of rotatable bonds is 7. The Kier molecular flexibility index (Phi) is 6.13. The summed E-state index contributed by atoms with van der Waals surface area (Å²) in [6.07, 6.45) is 8.79. The maximum atomic E-state index is 5.49. The first-order valence-corrected chi connectivity index (χ1v) is 7.85. The second-order valence-corrected chi connectivity index (χ2v) is 5.81. The highest BCUT2D eigenvalue weighted by molar-refractivity contribution is 5.27. The molecule has 2 heteroatoms. The van der Waals surface area contributed by atoms with Gasteiger partial charge in [-0.2, -0.15) is 0 Å². The number of ether oxygens (including phenoxy) is 1. The summed E-state index contributed by atoms with van der Waals surface area (Å²) in [4.78, 5) is 0. The summed E-state index contributed by atoms with van der Waals surface area (Å²) in [5.41, 5.74) is 1.32. The van der Waals surface area contributed by atoms with Gasteiger partial charge in [0.15, 0.2) is 0 Å². The Labute approximate surface area is 123 Å². The molecule has 110 valence electrons. The normalized spacial score (nSPS) is 17.6. The molecule has 1 unspecified atom stereocenters. The first-order chi connectivity index (χ1) is 9.79. The summed E-state index contributed by atoms with van der Waals surface area (Å²) in [5, 5.41) is 3.67. The molecule has 1 aromatic rings. The van der Waals surface area contributed by atoms with E-state index in [-0.39, 0.29) is 0 Å². The predicted octanol–water partition coefficient (Wildman–Crippen LogP) is 4.31. The largest absolute Gasteiger partial charge is 0.490 e. The van der Waals surface area contributed by atoms with Crippen molar-refractivity contribution in [1.82, 2.24) is 5.32 Å². The van der Waals surface area contributed by atoms with Gasteiger partial charge < -0.3 is 10.1 Å². The Bertz CT molecular complexity index is 392. The maximum absolute atomic E-state index is 5.49. The topological polar surface area (TPSA) is 21.3 Å². The molecule has 1 aromatic carbocycles. The summed E-state index contributed by atoms with van der Waals surface area (Å²) in [7, 11) is 0. The van der Waals surface area contributed by atoms with Crippen molar-refractivity contribution in [3.63, 3.8) is 0 Å². The van der Waals surface area contributed by atoms with Gasteiger partial charge in [-0.3, -0.25) is 0 Å². The second-order valence-electron chi connectivity index (χ2n) is 5.81. The van der Waals surface area contributed by atoms with Crippen molar-refractivity contribution in [2.45, 2.75) is 51.6 Å². The van der Waals surface area contributed by atoms with Gasteiger partial charge in [-0.1, -0.05) is 44.1 Å². The first-order valence-electron chi connectivity index (χ1n) is 7.85. The molecule has 0 heterocycles. The van der Waals surface area contributed by atoms with Crippen LogP contribution in [-0.4, -0.2) is 12.6 Å². The lowest BCUT2D eigenvalue weighted by molar-refractivity contribution is 0.280. The van der Waals surface area contributed by atoms with Crippen molar-refractivity contribution in [2.24, 2.45) is 5.92 Å². The Morgan fingerprint density at radius 1 is 1.25 bits per heavy atom. The minimum absolute atomic E-state index is 0.566. The zero-order valence-electron chi connectivity index (χ0n) is 12.6. The van der Waals surface area contributed by atoms with Gasteiger partial charge >= 0.3 is 0 Å². The zero-order valence-corrected chi connectivity index (χ0v) is 12.6. The van der Waals surface area contributed by atoms with Crippen LogP contribution in [0.5, 0.6) is 5.75 Å². The van der Waals surface area contributed by atoms with Crippen LogP contribution in [0.25, 0.3) is 0 Å². The van der Waals surface area contributed by atoms with E-state index in [9.17, 15) is 0 Å². The molecule has 0 bridgehead atoms. The van der Waals surface area contributed by atoms with E-state index in [4.69, 9.17) is 4.74 Å². The van der Waals surface area contributed by atoms with E-state index in [1.807, 2.05) is 12.1 Å². The van der Waals surface area contributed by atoms with E-state index in [1.54, 1.807) is 6.08 Å². The molecule has 1 saturated carbocycles. The standard InChI is InChI=1S/C18H27NO/c1-3-13-20-18-11-9-16(10-12-18)14-19-15(2)17-7-5-4-6-8-17/h3,9-12,15,17,19H,1,4-8,13-14H2,2H3. The van der Waals surface area contributed by atoms with Crippen LogP contribution >= 0.6 is 0 Å². The van der Waals surface area contributed by atoms with E-state index in [0.717, 1.165) is 18.2 Å². The highest BCUT2D eigenvalue weighted by Gasteiger charge is 2.19. The van der Waals surface area contributed by atoms with Crippen LogP contribution in [-0.2, 0) is 6.54 Å². The molecule has 2 nitrogen and oxygen atoms in total. The lowest BCUT2D eigenvalue weighted by Gasteiger charge is -2.28. The molecule has 0 radical (unpaired) electrons. The number of hydrogen-bond acceptors (Lipinski definition) is 2. The molecule has 20 heavy (non-hydrogen) atoms. The zero-order chi connectivity index (χ0) is 14.2. The van der Waals surface area contributed by atoms with Gasteiger partial charge in [0.25, 0.3) is 0 Å². The monoisotopic (exact) mass is 273 g/mol. The van der Waals surface area contributed by atoms with Crippen LogP contribution in [0.3, 0.4) is 0 Å². The maximum Gasteiger partial charge on any atom is 0.119 e. The molecule has 2 rings (SSSR count). The molecule has 1 aliphatic carbocycles. The number of hydrogen-bond donors (Lipinski definition) is 1. The molecule has 1 fully saturated rings. The Morgan fingerprint density at radius 3 is 2.60 bits per heavy atom. The van der Waals surface area contributed by atoms with Crippen LogP contribution in [0.4, 0.5) is 0 Å². The molecule has 0 aliphatic heterocycles. The van der Waals surface area contributed by atoms with E-state index < -0.39 is 0 Å². The van der Waals surface area contributed by atoms with Crippen molar-refractivity contribution in [2.75, 3.05) is 6.61 Å². The van der Waals surface area contributed by atoms with Gasteiger partial charge in [-0.05, 0) is 43.4 Å². The quantitative estimate of drug-likeness (QED) is 0.747. The Morgan fingerprint density at radius 2 is 1.95 bits per heavy atom. The third kappa shape index (κ3) is 4.68. The molecule has 0 saturated heterocycles. The predicted molar refractivity (Wildman–Crippen MR) is 85.0 cm³/mol. The van der Waals surface area contributed by atoms with Crippen LogP contribution in [0, 0.1) is 5.92 Å². The highest BCUT2D eigenvalue weighted by atomic mass is 16.5. The molecule has 1 N–H and O–H groups in total. The van der Waals surface area contributed by atoms with Crippen molar-refractivity contribution in [1.29, 1.82) is 0 Å². The lowest BCUT2D eigenvalue weighted by atomic mass is 9.84. The fourth-order valence-corrected chi connectivity index (χ4v) is 2.94. The van der Waals surface area contributed by atoms with Crippen LogP contribution in [0.2, 0.25) is 0 Å². The fourth-order valence-electron chi connectivity index (χ4n) is 2.94.